The SMILES string of the molecule is COCCN1CCC(N(C(=O)Nc2oc(C)nc2-c2ccccc2)c2ccc(F)c(F)c2)C1. The number of benzene rings is 2. The summed E-state index contributed by atoms with van der Waals surface area (Å²) in [4.78, 5) is 21.5. The molecule has 2 heterocycles. The summed E-state index contributed by atoms with van der Waals surface area (Å²) in [5.74, 6) is -1.38. The van der Waals surface area contributed by atoms with Crippen LogP contribution in [0.5, 0.6) is 0 Å². The van der Waals surface area contributed by atoms with Crippen molar-refractivity contribution in [3.8, 4) is 11.3 Å². The van der Waals surface area contributed by atoms with Gasteiger partial charge >= 0.3 is 6.03 Å². The summed E-state index contributed by atoms with van der Waals surface area (Å²) in [7, 11) is 1.64. The van der Waals surface area contributed by atoms with E-state index in [1.807, 2.05) is 30.3 Å². The highest BCUT2D eigenvalue weighted by Gasteiger charge is 2.33. The summed E-state index contributed by atoms with van der Waals surface area (Å²) in [6, 6.07) is 12.1. The molecule has 0 aliphatic carbocycles. The van der Waals surface area contributed by atoms with Gasteiger partial charge in [0.25, 0.3) is 0 Å². The van der Waals surface area contributed by atoms with Gasteiger partial charge in [0.05, 0.1) is 12.6 Å². The van der Waals surface area contributed by atoms with Crippen molar-refractivity contribution in [2.24, 2.45) is 0 Å². The first-order chi connectivity index (χ1) is 16.0. The number of urea groups is 1. The Balaban J connectivity index is 1.62. The van der Waals surface area contributed by atoms with Crippen LogP contribution in [0.15, 0.2) is 52.9 Å². The van der Waals surface area contributed by atoms with E-state index in [4.69, 9.17) is 9.15 Å². The van der Waals surface area contributed by atoms with E-state index in [1.54, 1.807) is 14.0 Å². The number of carbonyl (C=O) groups excluding carboxylic acids is 1. The fourth-order valence-corrected chi connectivity index (χ4v) is 4.04. The molecule has 7 nitrogen and oxygen atoms in total. The summed E-state index contributed by atoms with van der Waals surface area (Å²) in [6.07, 6.45) is 0.678. The molecule has 1 unspecified atom stereocenters. The van der Waals surface area contributed by atoms with Gasteiger partial charge in [-0.15, -0.1) is 0 Å². The van der Waals surface area contributed by atoms with Gasteiger partial charge in [0.1, 0.15) is 5.69 Å². The molecule has 9 heteroatoms. The molecule has 2 amide bonds. The maximum absolute atomic E-state index is 14.1. The predicted molar refractivity (Wildman–Crippen MR) is 121 cm³/mol. The zero-order chi connectivity index (χ0) is 23.4. The van der Waals surface area contributed by atoms with E-state index < -0.39 is 17.7 Å². The van der Waals surface area contributed by atoms with E-state index in [0.717, 1.165) is 30.8 Å². The van der Waals surface area contributed by atoms with Crippen molar-refractivity contribution < 1.29 is 22.7 Å². The lowest BCUT2D eigenvalue weighted by Crippen LogP contribution is -2.45. The molecular weight excluding hydrogens is 430 g/mol. The second kappa shape index (κ2) is 10.1. The quantitative estimate of drug-likeness (QED) is 0.559. The molecule has 1 aromatic heterocycles. The number of rotatable bonds is 7. The van der Waals surface area contributed by atoms with Crippen LogP contribution in [0.3, 0.4) is 0 Å². The topological polar surface area (TPSA) is 70.8 Å². The Morgan fingerprint density at radius 3 is 2.76 bits per heavy atom. The minimum Gasteiger partial charge on any atom is -0.424 e. The van der Waals surface area contributed by atoms with Crippen molar-refractivity contribution in [3.05, 3.63) is 66.1 Å². The van der Waals surface area contributed by atoms with Gasteiger partial charge in [0, 0.05) is 51.0 Å². The van der Waals surface area contributed by atoms with Crippen LogP contribution in [0.4, 0.5) is 25.1 Å². The molecule has 0 bridgehead atoms. The van der Waals surface area contributed by atoms with E-state index in [-0.39, 0.29) is 17.6 Å². The largest absolute Gasteiger partial charge is 0.424 e. The second-order valence-electron chi connectivity index (χ2n) is 7.91. The number of anilines is 2. The van der Waals surface area contributed by atoms with Crippen LogP contribution in [0, 0.1) is 18.6 Å². The first-order valence-electron chi connectivity index (χ1n) is 10.8. The predicted octanol–water partition coefficient (Wildman–Crippen LogP) is 4.69. The number of hydrogen-bond acceptors (Lipinski definition) is 5. The van der Waals surface area contributed by atoms with E-state index in [1.165, 1.54) is 11.0 Å². The molecular formula is C24H26F2N4O3. The molecule has 2 aromatic carbocycles. The second-order valence-corrected chi connectivity index (χ2v) is 7.91. The molecule has 4 rings (SSSR count). The van der Waals surface area contributed by atoms with Crippen LogP contribution >= 0.6 is 0 Å². The van der Waals surface area contributed by atoms with Gasteiger partial charge in [0.2, 0.25) is 5.88 Å². The van der Waals surface area contributed by atoms with Gasteiger partial charge in [-0.1, -0.05) is 30.3 Å². The van der Waals surface area contributed by atoms with Gasteiger partial charge in [-0.05, 0) is 18.6 Å². The zero-order valence-electron chi connectivity index (χ0n) is 18.6. The lowest BCUT2D eigenvalue weighted by atomic mass is 10.1. The highest BCUT2D eigenvalue weighted by atomic mass is 19.2. The lowest BCUT2D eigenvalue weighted by Gasteiger charge is -2.29. The number of aryl methyl sites for hydroxylation is 1. The lowest BCUT2D eigenvalue weighted by molar-refractivity contribution is 0.160. The number of hydrogen-bond donors (Lipinski definition) is 1. The summed E-state index contributed by atoms with van der Waals surface area (Å²) >= 11 is 0. The van der Waals surface area contributed by atoms with Crippen molar-refractivity contribution in [1.82, 2.24) is 9.88 Å². The number of carbonyl (C=O) groups is 1. The molecule has 1 aliphatic heterocycles. The van der Waals surface area contributed by atoms with E-state index in [0.29, 0.717) is 31.2 Å². The molecule has 1 fully saturated rings. The Kier molecular flexibility index (Phi) is 7.00. The van der Waals surface area contributed by atoms with Crippen molar-refractivity contribution in [3.63, 3.8) is 0 Å². The van der Waals surface area contributed by atoms with Gasteiger partial charge in [-0.2, -0.15) is 0 Å². The Hall–Kier alpha value is -3.30. The molecule has 0 radical (unpaired) electrons. The van der Waals surface area contributed by atoms with E-state index in [2.05, 4.69) is 15.2 Å². The summed E-state index contributed by atoms with van der Waals surface area (Å²) in [5.41, 5.74) is 1.55. The molecule has 1 saturated heterocycles. The number of oxazole rings is 1. The number of halogens is 2. The molecule has 1 aliphatic rings. The van der Waals surface area contributed by atoms with Crippen LogP contribution in [-0.4, -0.2) is 55.3 Å². The molecule has 33 heavy (non-hydrogen) atoms. The standard InChI is InChI=1S/C24H26F2N4O3/c1-16-27-22(17-6-4-3-5-7-17)23(33-16)28-24(31)30(18-8-9-20(25)21(26)14-18)19-10-11-29(15-19)12-13-32-2/h3-9,14,19H,10-13,15H2,1-2H3,(H,28,31). The number of amides is 2. The smallest absolute Gasteiger partial charge is 0.329 e. The number of methoxy groups -OCH3 is 1. The minimum absolute atomic E-state index is 0.200. The monoisotopic (exact) mass is 456 g/mol. The average Bonchev–Trinajstić information content (AvgIpc) is 3.42. The van der Waals surface area contributed by atoms with Gasteiger partial charge < -0.3 is 9.15 Å². The number of aromatic nitrogens is 1. The molecule has 3 aromatic rings. The van der Waals surface area contributed by atoms with Gasteiger partial charge in [0.15, 0.2) is 17.5 Å². The number of nitrogens with one attached hydrogen (secondary N) is 1. The maximum atomic E-state index is 14.1. The minimum atomic E-state index is -1.01. The molecule has 1 atom stereocenters. The highest BCUT2D eigenvalue weighted by molar-refractivity contribution is 6.03. The van der Waals surface area contributed by atoms with Crippen molar-refractivity contribution in [2.45, 2.75) is 19.4 Å². The number of nitrogens with zero attached hydrogens (tertiary/aromatic N) is 3. The zero-order valence-corrected chi connectivity index (χ0v) is 18.6. The molecule has 0 saturated carbocycles. The summed E-state index contributed by atoms with van der Waals surface area (Å²) in [5, 5.41) is 2.80. The fraction of sp³-hybridized carbons (Fsp3) is 0.333. The van der Waals surface area contributed by atoms with Crippen LogP contribution in [0.1, 0.15) is 12.3 Å². The third kappa shape index (κ3) is 5.20. The fourth-order valence-electron chi connectivity index (χ4n) is 4.04. The number of ether oxygens (including phenoxy) is 1. The Labute approximate surface area is 191 Å². The van der Waals surface area contributed by atoms with Crippen LogP contribution < -0.4 is 10.2 Å². The van der Waals surface area contributed by atoms with E-state index in [9.17, 15) is 13.6 Å². The molecule has 0 spiro atoms. The molecule has 174 valence electrons. The highest BCUT2D eigenvalue weighted by Crippen LogP contribution is 2.30. The Morgan fingerprint density at radius 2 is 2.03 bits per heavy atom. The Morgan fingerprint density at radius 1 is 1.24 bits per heavy atom. The molecule has 1 N–H and O–H groups in total. The third-order valence-corrected chi connectivity index (χ3v) is 5.63. The van der Waals surface area contributed by atoms with Gasteiger partial charge in [-0.3, -0.25) is 15.1 Å². The van der Waals surface area contributed by atoms with Crippen LogP contribution in [0.25, 0.3) is 11.3 Å². The first-order valence-corrected chi connectivity index (χ1v) is 10.8. The van der Waals surface area contributed by atoms with E-state index >= 15 is 0 Å². The van der Waals surface area contributed by atoms with Crippen LogP contribution in [-0.2, 0) is 4.74 Å². The summed E-state index contributed by atoms with van der Waals surface area (Å²) in [6.45, 7) is 4.33. The van der Waals surface area contributed by atoms with Gasteiger partial charge in [-0.25, -0.2) is 18.6 Å². The third-order valence-electron chi connectivity index (χ3n) is 5.63. The Bertz CT molecular complexity index is 1110. The summed E-state index contributed by atoms with van der Waals surface area (Å²) < 4.78 is 38.5. The van der Waals surface area contributed by atoms with Crippen molar-refractivity contribution in [2.75, 3.05) is 43.6 Å². The first kappa shape index (κ1) is 22.9. The van der Waals surface area contributed by atoms with Crippen molar-refractivity contribution in [1.29, 1.82) is 0 Å². The normalized spacial score (nSPS) is 16.2. The van der Waals surface area contributed by atoms with Crippen molar-refractivity contribution >= 4 is 17.6 Å². The van der Waals surface area contributed by atoms with Crippen LogP contribution in [0.2, 0.25) is 0 Å². The number of likely N-dealkylation sites (tertiary alicyclic amines) is 1. The average molecular weight is 456 g/mol. The maximum Gasteiger partial charge on any atom is 0.329 e.